The first-order chi connectivity index (χ1) is 6.79. The van der Waals surface area contributed by atoms with Crippen molar-refractivity contribution in [2.75, 3.05) is 6.54 Å². The fraction of sp³-hybridized carbons (Fsp3) is 0.727. The zero-order chi connectivity index (χ0) is 9.97. The molecule has 1 unspecified atom stereocenters. The fourth-order valence-electron chi connectivity index (χ4n) is 2.43. The number of hydrogen-bond acceptors (Lipinski definition) is 2. The van der Waals surface area contributed by atoms with Gasteiger partial charge in [0.2, 0.25) is 0 Å². The number of fused-ring (bicyclic) bond motifs is 1. The third-order valence-electron chi connectivity index (χ3n) is 3.19. The molecule has 0 bridgehead atoms. The van der Waals surface area contributed by atoms with E-state index in [0.29, 0.717) is 0 Å². The minimum Gasteiger partial charge on any atom is -0.480 e. The Hall–Kier alpha value is -0.990. The Balaban J connectivity index is 2.13. The van der Waals surface area contributed by atoms with Crippen LogP contribution in [0.3, 0.4) is 0 Å². The molecule has 2 aliphatic rings. The molecule has 0 aromatic rings. The van der Waals surface area contributed by atoms with E-state index in [2.05, 4.69) is 11.0 Å². The summed E-state index contributed by atoms with van der Waals surface area (Å²) in [4.78, 5) is 13.1. The monoisotopic (exact) mass is 195 g/mol. The van der Waals surface area contributed by atoms with Gasteiger partial charge in [-0.3, -0.25) is 0 Å². The second-order valence-corrected chi connectivity index (χ2v) is 4.13. The van der Waals surface area contributed by atoms with Gasteiger partial charge in [-0.15, -0.1) is 0 Å². The molecular weight excluding hydrogens is 178 g/mol. The van der Waals surface area contributed by atoms with Gasteiger partial charge in [0.1, 0.15) is 6.04 Å². The van der Waals surface area contributed by atoms with Crippen molar-refractivity contribution in [1.29, 1.82) is 0 Å². The maximum atomic E-state index is 11.0. The molecule has 0 amide bonds. The predicted octanol–water partition coefficient (Wildman–Crippen LogP) is 1.99. The Morgan fingerprint density at radius 1 is 1.43 bits per heavy atom. The molecule has 0 aliphatic carbocycles. The summed E-state index contributed by atoms with van der Waals surface area (Å²) in [5.41, 5.74) is 1.28. The lowest BCUT2D eigenvalue weighted by molar-refractivity contribution is -0.141. The van der Waals surface area contributed by atoms with Crippen LogP contribution in [0.25, 0.3) is 0 Å². The van der Waals surface area contributed by atoms with E-state index < -0.39 is 5.97 Å². The molecule has 1 atom stereocenters. The van der Waals surface area contributed by atoms with Crippen LogP contribution in [-0.2, 0) is 4.79 Å². The van der Waals surface area contributed by atoms with Gasteiger partial charge in [0.25, 0.3) is 0 Å². The molecule has 14 heavy (non-hydrogen) atoms. The number of hydrogen-bond donors (Lipinski definition) is 1. The summed E-state index contributed by atoms with van der Waals surface area (Å²) in [6.45, 7) is 0.933. The molecule has 0 radical (unpaired) electrons. The number of rotatable bonds is 1. The van der Waals surface area contributed by atoms with E-state index in [-0.39, 0.29) is 6.04 Å². The van der Waals surface area contributed by atoms with Gasteiger partial charge in [-0.05, 0) is 32.1 Å². The van der Waals surface area contributed by atoms with Crippen LogP contribution in [0.5, 0.6) is 0 Å². The van der Waals surface area contributed by atoms with Crippen molar-refractivity contribution < 1.29 is 9.90 Å². The number of carboxylic acids is 1. The highest BCUT2D eigenvalue weighted by molar-refractivity contribution is 5.74. The van der Waals surface area contributed by atoms with Crippen molar-refractivity contribution in [2.45, 2.75) is 44.6 Å². The highest BCUT2D eigenvalue weighted by atomic mass is 16.4. The molecule has 78 valence electrons. The van der Waals surface area contributed by atoms with Gasteiger partial charge >= 0.3 is 5.97 Å². The van der Waals surface area contributed by atoms with Gasteiger partial charge in [-0.2, -0.15) is 0 Å². The van der Waals surface area contributed by atoms with Crippen molar-refractivity contribution >= 4 is 5.97 Å². The van der Waals surface area contributed by atoms with Gasteiger partial charge in [0, 0.05) is 12.2 Å². The lowest BCUT2D eigenvalue weighted by Gasteiger charge is -2.26. The topological polar surface area (TPSA) is 40.5 Å². The second-order valence-electron chi connectivity index (χ2n) is 4.13. The first-order valence-corrected chi connectivity index (χ1v) is 5.47. The van der Waals surface area contributed by atoms with Crippen molar-refractivity contribution in [1.82, 2.24) is 4.90 Å². The van der Waals surface area contributed by atoms with Gasteiger partial charge in [-0.1, -0.05) is 12.5 Å². The Morgan fingerprint density at radius 2 is 2.29 bits per heavy atom. The van der Waals surface area contributed by atoms with Crippen LogP contribution in [0.1, 0.15) is 38.5 Å². The van der Waals surface area contributed by atoms with E-state index >= 15 is 0 Å². The van der Waals surface area contributed by atoms with Crippen molar-refractivity contribution in [3.8, 4) is 0 Å². The van der Waals surface area contributed by atoms with Gasteiger partial charge in [0.15, 0.2) is 0 Å². The Labute approximate surface area is 84.4 Å². The third kappa shape index (κ3) is 1.76. The lowest BCUT2D eigenvalue weighted by atomic mass is 10.1. The Bertz CT molecular complexity index is 260. The van der Waals surface area contributed by atoms with E-state index in [0.717, 1.165) is 32.2 Å². The number of nitrogens with zero attached hydrogens (tertiary/aromatic N) is 1. The van der Waals surface area contributed by atoms with Crippen molar-refractivity contribution in [3.05, 3.63) is 11.8 Å². The highest BCUT2D eigenvalue weighted by Crippen LogP contribution is 2.30. The average Bonchev–Trinajstić information content (AvgIpc) is 2.47. The third-order valence-corrected chi connectivity index (χ3v) is 3.19. The molecule has 1 N–H and O–H groups in total. The van der Waals surface area contributed by atoms with E-state index in [1.165, 1.54) is 18.5 Å². The number of aliphatic carboxylic acids is 1. The molecule has 0 aromatic carbocycles. The van der Waals surface area contributed by atoms with Crippen LogP contribution >= 0.6 is 0 Å². The van der Waals surface area contributed by atoms with E-state index in [1.807, 2.05) is 0 Å². The van der Waals surface area contributed by atoms with Crippen molar-refractivity contribution in [2.24, 2.45) is 0 Å². The Kier molecular flexibility index (Phi) is 2.75. The quantitative estimate of drug-likeness (QED) is 0.695. The smallest absolute Gasteiger partial charge is 0.326 e. The Morgan fingerprint density at radius 3 is 3.07 bits per heavy atom. The molecule has 0 spiro atoms. The molecular formula is C11H17NO2. The maximum absolute atomic E-state index is 11.0. The summed E-state index contributed by atoms with van der Waals surface area (Å²) < 4.78 is 0. The normalized spacial score (nSPS) is 27.6. The largest absolute Gasteiger partial charge is 0.480 e. The molecule has 0 aromatic heterocycles. The SMILES string of the molecule is O=C(O)C1CCC2=CCCCCCN21. The van der Waals surface area contributed by atoms with Crippen LogP contribution < -0.4 is 0 Å². The molecule has 2 rings (SSSR count). The number of carboxylic acid groups (broad SMARTS) is 1. The van der Waals surface area contributed by atoms with Crippen molar-refractivity contribution in [3.63, 3.8) is 0 Å². The van der Waals surface area contributed by atoms with Crippen LogP contribution in [-0.4, -0.2) is 28.6 Å². The average molecular weight is 195 g/mol. The van der Waals surface area contributed by atoms with E-state index in [4.69, 9.17) is 5.11 Å². The van der Waals surface area contributed by atoms with Gasteiger partial charge in [-0.25, -0.2) is 4.79 Å². The van der Waals surface area contributed by atoms with Gasteiger partial charge < -0.3 is 10.0 Å². The van der Waals surface area contributed by atoms with Crippen LogP contribution in [0.4, 0.5) is 0 Å². The van der Waals surface area contributed by atoms with Crippen LogP contribution in [0.2, 0.25) is 0 Å². The summed E-state index contributed by atoms with van der Waals surface area (Å²) >= 11 is 0. The molecule has 1 fully saturated rings. The zero-order valence-corrected chi connectivity index (χ0v) is 8.41. The predicted molar refractivity (Wildman–Crippen MR) is 53.9 cm³/mol. The molecule has 3 nitrogen and oxygen atoms in total. The minimum atomic E-state index is -0.658. The number of carbonyl (C=O) groups is 1. The maximum Gasteiger partial charge on any atom is 0.326 e. The lowest BCUT2D eigenvalue weighted by Crippen LogP contribution is -2.36. The summed E-state index contributed by atoms with van der Waals surface area (Å²) in [5, 5.41) is 9.05. The summed E-state index contributed by atoms with van der Waals surface area (Å²) in [6, 6.07) is -0.251. The zero-order valence-electron chi connectivity index (χ0n) is 8.41. The first-order valence-electron chi connectivity index (χ1n) is 5.47. The molecule has 2 aliphatic heterocycles. The van der Waals surface area contributed by atoms with Gasteiger partial charge in [0.05, 0.1) is 0 Å². The fourth-order valence-corrected chi connectivity index (χ4v) is 2.43. The summed E-state index contributed by atoms with van der Waals surface area (Å²) in [6.07, 6.45) is 8.74. The summed E-state index contributed by atoms with van der Waals surface area (Å²) in [5.74, 6) is -0.658. The molecule has 2 heterocycles. The number of allylic oxidation sites excluding steroid dienone is 2. The molecule has 3 heteroatoms. The van der Waals surface area contributed by atoms with Crippen LogP contribution in [0.15, 0.2) is 11.8 Å². The minimum absolute atomic E-state index is 0.251. The first kappa shape index (κ1) is 9.56. The second kappa shape index (κ2) is 4.03. The highest BCUT2D eigenvalue weighted by Gasteiger charge is 2.32. The van der Waals surface area contributed by atoms with Crippen LogP contribution in [0, 0.1) is 0 Å². The molecule has 0 saturated carbocycles. The van der Waals surface area contributed by atoms with E-state index in [9.17, 15) is 4.79 Å². The molecule has 1 saturated heterocycles. The standard InChI is InChI=1S/C11H17NO2/c13-11(14)10-7-6-9-5-3-1-2-4-8-12(9)10/h5,10H,1-4,6-8H2,(H,13,14). The van der Waals surface area contributed by atoms with E-state index in [1.54, 1.807) is 0 Å². The summed E-state index contributed by atoms with van der Waals surface area (Å²) in [7, 11) is 0.